The molecule has 18 heavy (non-hydrogen) atoms. The van der Waals surface area contributed by atoms with Gasteiger partial charge in [0, 0.05) is 24.3 Å². The Balaban J connectivity index is 2.67. The molecular weight excluding hydrogens is 246 g/mol. The van der Waals surface area contributed by atoms with Gasteiger partial charge in [-0.1, -0.05) is 0 Å². The summed E-state index contributed by atoms with van der Waals surface area (Å²) in [5, 5.41) is 0. The van der Waals surface area contributed by atoms with Gasteiger partial charge in [0.2, 0.25) is 0 Å². The highest BCUT2D eigenvalue weighted by molar-refractivity contribution is 7.98. The lowest BCUT2D eigenvalue weighted by Gasteiger charge is -2.25. The summed E-state index contributed by atoms with van der Waals surface area (Å²) in [7, 11) is 1.85. The number of benzene rings is 1. The molecule has 5 heteroatoms. The van der Waals surface area contributed by atoms with Gasteiger partial charge in [0.05, 0.1) is 0 Å². The van der Waals surface area contributed by atoms with E-state index in [2.05, 4.69) is 18.6 Å². The maximum absolute atomic E-state index is 12.2. The zero-order chi connectivity index (χ0) is 13.5. The molecule has 0 fully saturated rings. The number of hydrogen-bond donors (Lipinski definition) is 2. The first-order valence-electron chi connectivity index (χ1n) is 5.93. The zero-order valence-corrected chi connectivity index (χ0v) is 12.0. The molecule has 0 bridgehead atoms. The fourth-order valence-corrected chi connectivity index (χ4v) is 2.17. The second kappa shape index (κ2) is 7.28. The van der Waals surface area contributed by atoms with Crippen molar-refractivity contribution in [2.24, 2.45) is 5.84 Å². The van der Waals surface area contributed by atoms with Gasteiger partial charge in [-0.3, -0.25) is 10.6 Å². The SMILES string of the molecule is CSCCC(C)N(C)C(=O)c1ccc(NN)cc1. The van der Waals surface area contributed by atoms with Crippen molar-refractivity contribution in [3.05, 3.63) is 29.8 Å². The van der Waals surface area contributed by atoms with Crippen molar-refractivity contribution in [3.63, 3.8) is 0 Å². The van der Waals surface area contributed by atoms with E-state index in [9.17, 15) is 4.79 Å². The first-order chi connectivity index (χ1) is 8.60. The fraction of sp³-hybridized carbons (Fsp3) is 0.462. The van der Waals surface area contributed by atoms with E-state index in [4.69, 9.17) is 5.84 Å². The predicted octanol–water partition coefficient (Wildman–Crippen LogP) is 2.19. The monoisotopic (exact) mass is 267 g/mol. The van der Waals surface area contributed by atoms with Crippen molar-refractivity contribution in [1.82, 2.24) is 4.90 Å². The maximum atomic E-state index is 12.2. The van der Waals surface area contributed by atoms with E-state index < -0.39 is 0 Å². The minimum absolute atomic E-state index is 0.0483. The molecule has 0 saturated heterocycles. The lowest BCUT2D eigenvalue weighted by molar-refractivity contribution is 0.0741. The molecule has 0 radical (unpaired) electrons. The van der Waals surface area contributed by atoms with E-state index in [1.165, 1.54) is 0 Å². The Morgan fingerprint density at radius 2 is 2.06 bits per heavy atom. The summed E-state index contributed by atoms with van der Waals surface area (Å²) < 4.78 is 0. The van der Waals surface area contributed by atoms with Crippen LogP contribution in [0.2, 0.25) is 0 Å². The third-order valence-electron chi connectivity index (χ3n) is 3.02. The lowest BCUT2D eigenvalue weighted by Crippen LogP contribution is -2.35. The second-order valence-corrected chi connectivity index (χ2v) is 5.25. The van der Waals surface area contributed by atoms with Crippen LogP contribution >= 0.6 is 11.8 Å². The first-order valence-corrected chi connectivity index (χ1v) is 7.32. The highest BCUT2D eigenvalue weighted by atomic mass is 32.2. The number of amides is 1. The second-order valence-electron chi connectivity index (χ2n) is 4.27. The van der Waals surface area contributed by atoms with Crippen LogP contribution in [-0.4, -0.2) is 35.9 Å². The Kier molecular flexibility index (Phi) is 6.01. The maximum Gasteiger partial charge on any atom is 0.253 e. The van der Waals surface area contributed by atoms with Gasteiger partial charge < -0.3 is 10.3 Å². The molecule has 0 aliphatic rings. The molecule has 1 aromatic rings. The zero-order valence-electron chi connectivity index (χ0n) is 11.1. The van der Waals surface area contributed by atoms with Crippen molar-refractivity contribution in [2.45, 2.75) is 19.4 Å². The standard InChI is InChI=1S/C13H21N3OS/c1-10(8-9-18-3)16(2)13(17)11-4-6-12(15-14)7-5-11/h4-7,10,15H,8-9,14H2,1-3H3. The van der Waals surface area contributed by atoms with E-state index in [1.54, 1.807) is 40.9 Å². The molecule has 100 valence electrons. The van der Waals surface area contributed by atoms with E-state index in [-0.39, 0.29) is 11.9 Å². The van der Waals surface area contributed by atoms with Crippen LogP contribution in [0, 0.1) is 0 Å². The average molecular weight is 267 g/mol. The van der Waals surface area contributed by atoms with E-state index >= 15 is 0 Å². The van der Waals surface area contributed by atoms with Crippen LogP contribution in [0.25, 0.3) is 0 Å². The van der Waals surface area contributed by atoms with Crippen molar-refractivity contribution in [3.8, 4) is 0 Å². The molecule has 0 saturated carbocycles. The van der Waals surface area contributed by atoms with Gasteiger partial charge in [0.1, 0.15) is 0 Å². The van der Waals surface area contributed by atoms with E-state index in [0.717, 1.165) is 17.9 Å². The number of carbonyl (C=O) groups excluding carboxylic acids is 1. The fourth-order valence-electron chi connectivity index (χ4n) is 1.59. The van der Waals surface area contributed by atoms with Crippen molar-refractivity contribution in [2.75, 3.05) is 24.5 Å². The molecule has 1 unspecified atom stereocenters. The third kappa shape index (κ3) is 3.92. The normalized spacial score (nSPS) is 12.0. The van der Waals surface area contributed by atoms with Gasteiger partial charge in [0.15, 0.2) is 0 Å². The van der Waals surface area contributed by atoms with Crippen LogP contribution in [0.1, 0.15) is 23.7 Å². The number of hydrogen-bond acceptors (Lipinski definition) is 4. The Hall–Kier alpha value is -1.20. The van der Waals surface area contributed by atoms with Crippen molar-refractivity contribution >= 4 is 23.4 Å². The van der Waals surface area contributed by atoms with E-state index in [1.807, 2.05) is 7.05 Å². The molecule has 1 amide bonds. The Morgan fingerprint density at radius 1 is 1.44 bits per heavy atom. The topological polar surface area (TPSA) is 58.4 Å². The number of nitrogens with two attached hydrogens (primary N) is 1. The summed E-state index contributed by atoms with van der Waals surface area (Å²) in [6.07, 6.45) is 3.08. The smallest absolute Gasteiger partial charge is 0.253 e. The molecule has 0 aliphatic heterocycles. The van der Waals surface area contributed by atoms with Gasteiger partial charge in [0.25, 0.3) is 5.91 Å². The molecule has 1 atom stereocenters. The number of anilines is 1. The highest BCUT2D eigenvalue weighted by Crippen LogP contribution is 2.13. The van der Waals surface area contributed by atoms with Crippen LogP contribution in [0.4, 0.5) is 5.69 Å². The molecule has 3 N–H and O–H groups in total. The van der Waals surface area contributed by atoms with Gasteiger partial charge in [-0.05, 0) is 49.6 Å². The molecular formula is C13H21N3OS. The summed E-state index contributed by atoms with van der Waals surface area (Å²) in [5.41, 5.74) is 4.03. The van der Waals surface area contributed by atoms with Crippen molar-refractivity contribution < 1.29 is 4.79 Å². The third-order valence-corrected chi connectivity index (χ3v) is 3.66. The minimum atomic E-state index is 0.0483. The largest absolute Gasteiger partial charge is 0.339 e. The van der Waals surface area contributed by atoms with Crippen molar-refractivity contribution in [1.29, 1.82) is 0 Å². The Labute approximate surface area is 113 Å². The summed E-state index contributed by atoms with van der Waals surface area (Å²) in [4.78, 5) is 14.0. The molecule has 4 nitrogen and oxygen atoms in total. The number of carbonyl (C=O) groups is 1. The number of nitrogens with zero attached hydrogens (tertiary/aromatic N) is 1. The summed E-state index contributed by atoms with van der Waals surface area (Å²) in [6, 6.07) is 7.42. The Morgan fingerprint density at radius 3 is 2.56 bits per heavy atom. The van der Waals surface area contributed by atoms with Crippen LogP contribution < -0.4 is 11.3 Å². The molecule has 0 aliphatic carbocycles. The molecule has 1 rings (SSSR count). The molecule has 1 aromatic carbocycles. The lowest BCUT2D eigenvalue weighted by atomic mass is 10.1. The quantitative estimate of drug-likeness (QED) is 0.613. The Bertz CT molecular complexity index is 380. The highest BCUT2D eigenvalue weighted by Gasteiger charge is 2.16. The molecule has 0 spiro atoms. The van der Waals surface area contributed by atoms with Crippen LogP contribution in [0.15, 0.2) is 24.3 Å². The summed E-state index contributed by atoms with van der Waals surface area (Å²) >= 11 is 1.80. The van der Waals surface area contributed by atoms with Crippen LogP contribution in [0.5, 0.6) is 0 Å². The number of rotatable bonds is 6. The van der Waals surface area contributed by atoms with Gasteiger partial charge in [-0.2, -0.15) is 11.8 Å². The number of thioether (sulfide) groups is 1. The number of nitrogens with one attached hydrogen (secondary N) is 1. The molecule has 0 aromatic heterocycles. The van der Waals surface area contributed by atoms with Crippen LogP contribution in [0.3, 0.4) is 0 Å². The van der Waals surface area contributed by atoms with Gasteiger partial charge >= 0.3 is 0 Å². The summed E-state index contributed by atoms with van der Waals surface area (Å²) in [5.74, 6) is 6.40. The molecule has 0 heterocycles. The summed E-state index contributed by atoms with van der Waals surface area (Å²) in [6.45, 7) is 2.07. The van der Waals surface area contributed by atoms with Crippen LogP contribution in [-0.2, 0) is 0 Å². The minimum Gasteiger partial charge on any atom is -0.339 e. The number of hydrazine groups is 1. The van der Waals surface area contributed by atoms with Gasteiger partial charge in [-0.25, -0.2) is 0 Å². The van der Waals surface area contributed by atoms with Gasteiger partial charge in [-0.15, -0.1) is 0 Å². The van der Waals surface area contributed by atoms with E-state index in [0.29, 0.717) is 5.56 Å². The number of nitrogen functional groups attached to an aromatic ring is 1. The predicted molar refractivity (Wildman–Crippen MR) is 78.8 cm³/mol. The first kappa shape index (κ1) is 14.9. The average Bonchev–Trinajstić information content (AvgIpc) is 2.43.